The highest BCUT2D eigenvalue weighted by Gasteiger charge is 2.42. The normalized spacial score (nSPS) is 16.6. The maximum absolute atomic E-state index is 14.6. The van der Waals surface area contributed by atoms with Crippen LogP contribution in [0.5, 0.6) is 0 Å². The first-order valence-corrected chi connectivity index (χ1v) is 9.97. The third kappa shape index (κ3) is 5.54. The number of ether oxygens (including phenoxy) is 3. The Morgan fingerprint density at radius 2 is 1.71 bits per heavy atom. The first-order valence-electron chi connectivity index (χ1n) is 9.97. The molecule has 2 rings (SSSR count). The van der Waals surface area contributed by atoms with Crippen molar-refractivity contribution in [2.24, 2.45) is 0 Å². The summed E-state index contributed by atoms with van der Waals surface area (Å²) in [6.07, 6.45) is -2.61. The monoisotopic (exact) mass is 491 g/mol. The van der Waals surface area contributed by atoms with E-state index in [-0.39, 0.29) is 12.3 Å². The SMILES string of the molecule is CCOC(=O)C1=C(COC(C)=O)NC(CF)=C(C(=O)OC)C1c1cc(F)cc(F)c1C(F)CF. The molecule has 0 aromatic heterocycles. The Morgan fingerprint density at radius 1 is 1.06 bits per heavy atom. The van der Waals surface area contributed by atoms with Gasteiger partial charge in [-0.3, -0.25) is 4.79 Å². The molecule has 1 N–H and O–H groups in total. The molecule has 34 heavy (non-hydrogen) atoms. The first kappa shape index (κ1) is 26.8. The number of nitrogens with one attached hydrogen (secondary N) is 1. The third-order valence-electron chi connectivity index (χ3n) is 4.87. The van der Waals surface area contributed by atoms with Crippen molar-refractivity contribution in [3.63, 3.8) is 0 Å². The summed E-state index contributed by atoms with van der Waals surface area (Å²) in [5.41, 5.74) is -3.60. The van der Waals surface area contributed by atoms with Gasteiger partial charge in [-0.05, 0) is 18.6 Å². The summed E-state index contributed by atoms with van der Waals surface area (Å²) in [6, 6.07) is 0.894. The van der Waals surface area contributed by atoms with Crippen molar-refractivity contribution in [3.8, 4) is 0 Å². The number of carbonyl (C=O) groups excluding carboxylic acids is 3. The summed E-state index contributed by atoms with van der Waals surface area (Å²) in [6.45, 7) is -1.45. The zero-order valence-electron chi connectivity index (χ0n) is 18.5. The maximum atomic E-state index is 14.6. The Morgan fingerprint density at radius 3 is 2.24 bits per heavy atom. The van der Waals surface area contributed by atoms with E-state index in [9.17, 15) is 36.3 Å². The summed E-state index contributed by atoms with van der Waals surface area (Å²) in [5.74, 6) is -7.74. The molecule has 0 fully saturated rings. The van der Waals surface area contributed by atoms with Gasteiger partial charge in [-0.2, -0.15) is 0 Å². The second-order valence-corrected chi connectivity index (χ2v) is 6.98. The van der Waals surface area contributed by atoms with E-state index in [0.717, 1.165) is 14.0 Å². The van der Waals surface area contributed by atoms with Crippen molar-refractivity contribution in [3.05, 3.63) is 57.4 Å². The lowest BCUT2D eigenvalue weighted by molar-refractivity contribution is -0.142. The molecule has 1 aromatic carbocycles. The number of carbonyl (C=O) groups is 3. The summed E-state index contributed by atoms with van der Waals surface area (Å²) >= 11 is 0. The molecule has 7 nitrogen and oxygen atoms in total. The summed E-state index contributed by atoms with van der Waals surface area (Å²) in [4.78, 5) is 36.9. The molecule has 0 saturated heterocycles. The number of halogens is 5. The lowest BCUT2D eigenvalue weighted by atomic mass is 9.77. The molecule has 1 heterocycles. The average Bonchev–Trinajstić information content (AvgIpc) is 2.80. The maximum Gasteiger partial charge on any atom is 0.336 e. The molecule has 12 heteroatoms. The van der Waals surface area contributed by atoms with Gasteiger partial charge >= 0.3 is 17.9 Å². The molecule has 1 aromatic rings. The number of hydrogen-bond acceptors (Lipinski definition) is 7. The molecule has 0 radical (unpaired) electrons. The lowest BCUT2D eigenvalue weighted by Crippen LogP contribution is -2.37. The number of alkyl halides is 3. The van der Waals surface area contributed by atoms with E-state index in [1.54, 1.807) is 0 Å². The Balaban J connectivity index is 2.98. The highest BCUT2D eigenvalue weighted by Crippen LogP contribution is 2.43. The van der Waals surface area contributed by atoms with Gasteiger partial charge < -0.3 is 19.5 Å². The molecule has 0 aliphatic carbocycles. The van der Waals surface area contributed by atoms with Gasteiger partial charge in [0.25, 0.3) is 0 Å². The molecule has 1 aliphatic rings. The number of esters is 3. The van der Waals surface area contributed by atoms with Crippen LogP contribution in [-0.2, 0) is 28.6 Å². The first-order chi connectivity index (χ1) is 16.1. The Labute approximate surface area is 191 Å². The summed E-state index contributed by atoms with van der Waals surface area (Å²) in [5, 5.41) is 2.45. The average molecular weight is 491 g/mol. The van der Waals surface area contributed by atoms with Crippen LogP contribution >= 0.6 is 0 Å². The van der Waals surface area contributed by atoms with Crippen molar-refractivity contribution in [2.45, 2.75) is 25.9 Å². The van der Waals surface area contributed by atoms with Gasteiger partial charge in [0.05, 0.1) is 42.2 Å². The predicted molar refractivity (Wildman–Crippen MR) is 107 cm³/mol. The topological polar surface area (TPSA) is 90.9 Å². The van der Waals surface area contributed by atoms with Crippen molar-refractivity contribution in [1.29, 1.82) is 0 Å². The van der Waals surface area contributed by atoms with E-state index in [1.165, 1.54) is 6.92 Å². The molecule has 0 bridgehead atoms. The van der Waals surface area contributed by atoms with Crippen LogP contribution in [0.1, 0.15) is 37.1 Å². The standard InChI is InChI=1S/C22H22F5NO6/c1-4-33-22(31)20-16(9-34-10(2)29)28-15(8-24)19(21(30)32-3)18(20)12-5-11(25)6-13(26)17(12)14(27)7-23/h5-6,14,18,28H,4,7-9H2,1-3H3. The van der Waals surface area contributed by atoms with Crippen LogP contribution in [0.25, 0.3) is 0 Å². The van der Waals surface area contributed by atoms with Crippen LogP contribution < -0.4 is 5.32 Å². The number of benzene rings is 1. The van der Waals surface area contributed by atoms with Gasteiger partial charge in [0.15, 0.2) is 6.17 Å². The van der Waals surface area contributed by atoms with E-state index in [2.05, 4.69) is 10.1 Å². The number of dihydropyridines is 1. The van der Waals surface area contributed by atoms with E-state index in [1.807, 2.05) is 0 Å². The summed E-state index contributed by atoms with van der Waals surface area (Å²) in [7, 11) is 0.928. The molecule has 186 valence electrons. The van der Waals surface area contributed by atoms with Crippen LogP contribution in [-0.4, -0.2) is 51.6 Å². The van der Waals surface area contributed by atoms with Crippen molar-refractivity contribution >= 4 is 17.9 Å². The molecule has 0 saturated carbocycles. The Bertz CT molecular complexity index is 1040. The van der Waals surface area contributed by atoms with E-state index < -0.39 is 89.6 Å². The van der Waals surface area contributed by atoms with Crippen LogP contribution in [0.4, 0.5) is 22.0 Å². The highest BCUT2D eigenvalue weighted by atomic mass is 19.2. The minimum absolute atomic E-state index is 0.191. The van der Waals surface area contributed by atoms with Gasteiger partial charge in [-0.1, -0.05) is 0 Å². The van der Waals surface area contributed by atoms with Crippen LogP contribution in [0.3, 0.4) is 0 Å². The molecule has 0 amide bonds. The number of rotatable bonds is 9. The van der Waals surface area contributed by atoms with Crippen molar-refractivity contribution in [2.75, 3.05) is 33.7 Å². The lowest BCUT2D eigenvalue weighted by Gasteiger charge is -2.32. The molecule has 2 atom stereocenters. The minimum Gasteiger partial charge on any atom is -0.466 e. The van der Waals surface area contributed by atoms with Gasteiger partial charge in [0.1, 0.15) is 31.6 Å². The fourth-order valence-corrected chi connectivity index (χ4v) is 3.57. The zero-order chi connectivity index (χ0) is 25.6. The fraction of sp³-hybridized carbons (Fsp3) is 0.409. The highest BCUT2D eigenvalue weighted by molar-refractivity contribution is 6.00. The van der Waals surface area contributed by atoms with Crippen molar-refractivity contribution < 1.29 is 50.5 Å². The van der Waals surface area contributed by atoms with Gasteiger partial charge in [0, 0.05) is 18.6 Å². The smallest absolute Gasteiger partial charge is 0.336 e. The van der Waals surface area contributed by atoms with E-state index in [0.29, 0.717) is 12.1 Å². The molecular weight excluding hydrogens is 469 g/mol. The largest absolute Gasteiger partial charge is 0.466 e. The van der Waals surface area contributed by atoms with E-state index >= 15 is 0 Å². The third-order valence-corrected chi connectivity index (χ3v) is 4.87. The molecule has 0 spiro atoms. The summed E-state index contributed by atoms with van der Waals surface area (Å²) < 4.78 is 85.2. The molecule has 2 unspecified atom stereocenters. The predicted octanol–water partition coefficient (Wildman–Crippen LogP) is 3.41. The number of hydrogen-bond donors (Lipinski definition) is 1. The van der Waals surface area contributed by atoms with E-state index in [4.69, 9.17) is 9.47 Å². The van der Waals surface area contributed by atoms with Crippen LogP contribution in [0, 0.1) is 11.6 Å². The van der Waals surface area contributed by atoms with Crippen LogP contribution in [0.15, 0.2) is 34.7 Å². The van der Waals surface area contributed by atoms with Gasteiger partial charge in [-0.15, -0.1) is 0 Å². The minimum atomic E-state index is -2.61. The zero-order valence-corrected chi connectivity index (χ0v) is 18.5. The second kappa shape index (κ2) is 11.6. The Hall–Kier alpha value is -3.44. The molecular formula is C22H22F5NO6. The number of methoxy groups -OCH3 is 1. The Kier molecular flexibility index (Phi) is 9.16. The quantitative estimate of drug-likeness (QED) is 0.322. The van der Waals surface area contributed by atoms with Crippen LogP contribution in [0.2, 0.25) is 0 Å². The van der Waals surface area contributed by atoms with Crippen molar-refractivity contribution in [1.82, 2.24) is 5.32 Å². The second-order valence-electron chi connectivity index (χ2n) is 6.98. The number of allylic oxidation sites excluding steroid dienone is 1. The van der Waals surface area contributed by atoms with Gasteiger partial charge in [-0.25, -0.2) is 31.5 Å². The fourth-order valence-electron chi connectivity index (χ4n) is 3.57. The molecule has 1 aliphatic heterocycles. The van der Waals surface area contributed by atoms with Gasteiger partial charge in [0.2, 0.25) is 0 Å².